The summed E-state index contributed by atoms with van der Waals surface area (Å²) in [7, 11) is -2.18. The average Bonchev–Trinajstić information content (AvgIpc) is 3.18. The maximum absolute atomic E-state index is 12.5. The summed E-state index contributed by atoms with van der Waals surface area (Å²) < 4.78 is 37.6. The van der Waals surface area contributed by atoms with E-state index < -0.39 is 10.0 Å². The van der Waals surface area contributed by atoms with Gasteiger partial charge in [-0.25, -0.2) is 18.4 Å². The molecule has 158 valence electrons. The minimum absolute atomic E-state index is 0.0936. The molecule has 0 aliphatic rings. The molecule has 0 aliphatic carbocycles. The van der Waals surface area contributed by atoms with Crippen molar-refractivity contribution in [2.75, 3.05) is 17.1 Å². The Bertz CT molecular complexity index is 1300. The normalized spacial score (nSPS) is 11.2. The van der Waals surface area contributed by atoms with Crippen LogP contribution < -0.4 is 14.8 Å². The quantitative estimate of drug-likeness (QED) is 0.445. The molecule has 31 heavy (non-hydrogen) atoms. The van der Waals surface area contributed by atoms with E-state index in [4.69, 9.17) is 9.26 Å². The molecule has 10 heteroatoms. The fourth-order valence-corrected chi connectivity index (χ4v) is 3.89. The molecule has 0 saturated carbocycles. The van der Waals surface area contributed by atoms with Crippen molar-refractivity contribution in [3.05, 3.63) is 72.8 Å². The Morgan fingerprint density at radius 3 is 2.45 bits per heavy atom. The number of methoxy groups -OCH3 is 1. The number of anilines is 3. The molecule has 2 aromatic carbocycles. The predicted molar refractivity (Wildman–Crippen MR) is 116 cm³/mol. The summed E-state index contributed by atoms with van der Waals surface area (Å²) in [5.41, 5.74) is 2.20. The van der Waals surface area contributed by atoms with Gasteiger partial charge >= 0.3 is 0 Å². The molecule has 0 bridgehead atoms. The molecule has 2 aromatic heterocycles. The van der Waals surface area contributed by atoms with Crippen LogP contribution >= 0.6 is 0 Å². The Morgan fingerprint density at radius 1 is 0.968 bits per heavy atom. The number of para-hydroxylation sites is 1. The van der Waals surface area contributed by atoms with E-state index in [2.05, 4.69) is 25.2 Å². The van der Waals surface area contributed by atoms with Gasteiger partial charge in [-0.15, -0.1) is 0 Å². The zero-order chi connectivity index (χ0) is 21.8. The van der Waals surface area contributed by atoms with Crippen LogP contribution in [0.4, 0.5) is 17.3 Å². The number of rotatable bonds is 7. The second kappa shape index (κ2) is 8.44. The third-order valence-corrected chi connectivity index (χ3v) is 5.72. The molecule has 0 radical (unpaired) electrons. The van der Waals surface area contributed by atoms with E-state index in [1.165, 1.54) is 24.5 Å². The first kappa shape index (κ1) is 20.4. The lowest BCUT2D eigenvalue weighted by Crippen LogP contribution is -2.13. The summed E-state index contributed by atoms with van der Waals surface area (Å²) in [5.74, 6) is 1.90. The molecule has 0 amide bonds. The zero-order valence-electron chi connectivity index (χ0n) is 16.7. The summed E-state index contributed by atoms with van der Waals surface area (Å²) >= 11 is 0. The Morgan fingerprint density at radius 2 is 1.74 bits per heavy atom. The summed E-state index contributed by atoms with van der Waals surface area (Å²) in [6, 6.07) is 17.1. The monoisotopic (exact) mass is 437 g/mol. The second-order valence-electron chi connectivity index (χ2n) is 6.57. The van der Waals surface area contributed by atoms with E-state index in [9.17, 15) is 8.42 Å². The van der Waals surface area contributed by atoms with Crippen molar-refractivity contribution in [1.82, 2.24) is 15.1 Å². The highest BCUT2D eigenvalue weighted by atomic mass is 32.2. The van der Waals surface area contributed by atoms with Crippen molar-refractivity contribution in [3.63, 3.8) is 0 Å². The van der Waals surface area contributed by atoms with Gasteiger partial charge in [-0.2, -0.15) is 0 Å². The Hall–Kier alpha value is -3.92. The van der Waals surface area contributed by atoms with Crippen LogP contribution in [0.15, 0.2) is 76.4 Å². The Balaban J connectivity index is 1.52. The van der Waals surface area contributed by atoms with Gasteiger partial charge in [0.25, 0.3) is 10.0 Å². The molecule has 4 rings (SSSR count). The number of nitrogens with one attached hydrogen (secondary N) is 2. The van der Waals surface area contributed by atoms with Crippen LogP contribution in [0.2, 0.25) is 0 Å². The van der Waals surface area contributed by atoms with Gasteiger partial charge in [0, 0.05) is 23.4 Å². The maximum atomic E-state index is 12.5. The smallest absolute Gasteiger partial charge is 0.263 e. The third kappa shape index (κ3) is 4.64. The van der Waals surface area contributed by atoms with Gasteiger partial charge in [0.2, 0.25) is 0 Å². The molecule has 4 aromatic rings. The summed E-state index contributed by atoms with van der Waals surface area (Å²) in [5, 5.41) is 6.79. The standard InChI is InChI=1S/C21H19N5O4S/c1-14-11-21(25-30-14)26-31(27,28)16-9-7-15(8-10-16)24-20-12-18(22-13-23-20)17-5-3-4-6-19(17)29-2/h3-13H,1-2H3,(H,25,26)(H,22,23,24). The minimum atomic E-state index is -3.78. The van der Waals surface area contributed by atoms with Crippen LogP contribution in [0.5, 0.6) is 5.75 Å². The Kier molecular flexibility index (Phi) is 5.54. The molecular weight excluding hydrogens is 418 g/mol. The maximum Gasteiger partial charge on any atom is 0.263 e. The number of hydrogen-bond acceptors (Lipinski definition) is 8. The highest BCUT2D eigenvalue weighted by Gasteiger charge is 2.16. The van der Waals surface area contributed by atoms with Crippen molar-refractivity contribution in [2.45, 2.75) is 11.8 Å². The first-order valence-electron chi connectivity index (χ1n) is 9.23. The van der Waals surface area contributed by atoms with Crippen molar-refractivity contribution in [2.24, 2.45) is 0 Å². The predicted octanol–water partition coefficient (Wildman–Crippen LogP) is 3.99. The number of aryl methyl sites for hydroxylation is 1. The first-order valence-corrected chi connectivity index (χ1v) is 10.7. The van der Waals surface area contributed by atoms with E-state index in [0.29, 0.717) is 28.7 Å². The largest absolute Gasteiger partial charge is 0.496 e. The molecule has 2 N–H and O–H groups in total. The van der Waals surface area contributed by atoms with Gasteiger partial charge in [0.05, 0.1) is 17.7 Å². The van der Waals surface area contributed by atoms with Crippen molar-refractivity contribution < 1.29 is 17.7 Å². The lowest BCUT2D eigenvalue weighted by atomic mass is 10.1. The molecule has 2 heterocycles. The molecule has 0 saturated heterocycles. The summed E-state index contributed by atoms with van der Waals surface area (Å²) in [6.07, 6.45) is 1.45. The molecule has 0 unspecified atom stereocenters. The molecule has 9 nitrogen and oxygen atoms in total. The van der Waals surface area contributed by atoms with Crippen molar-refractivity contribution in [3.8, 4) is 17.0 Å². The minimum Gasteiger partial charge on any atom is -0.496 e. The van der Waals surface area contributed by atoms with Crippen LogP contribution in [0.3, 0.4) is 0 Å². The second-order valence-corrected chi connectivity index (χ2v) is 8.25. The zero-order valence-corrected chi connectivity index (χ0v) is 17.6. The van der Waals surface area contributed by atoms with Crippen LogP contribution in [0.25, 0.3) is 11.3 Å². The Labute approximate surface area is 179 Å². The number of benzene rings is 2. The molecule has 0 atom stereocenters. The van der Waals surface area contributed by atoms with Gasteiger partial charge in [-0.05, 0) is 43.3 Å². The van der Waals surface area contributed by atoms with Gasteiger partial charge in [0.15, 0.2) is 5.82 Å². The topological polar surface area (TPSA) is 119 Å². The fraction of sp³-hybridized carbons (Fsp3) is 0.0952. The highest BCUT2D eigenvalue weighted by molar-refractivity contribution is 7.92. The summed E-state index contributed by atoms with van der Waals surface area (Å²) in [4.78, 5) is 8.64. The lowest BCUT2D eigenvalue weighted by molar-refractivity contribution is 0.400. The highest BCUT2D eigenvalue weighted by Crippen LogP contribution is 2.29. The van der Waals surface area contributed by atoms with Crippen LogP contribution in [0, 0.1) is 6.92 Å². The van der Waals surface area contributed by atoms with Crippen LogP contribution in [0.1, 0.15) is 5.76 Å². The number of aromatic nitrogens is 3. The van der Waals surface area contributed by atoms with Crippen LogP contribution in [-0.2, 0) is 10.0 Å². The van der Waals surface area contributed by atoms with Crippen LogP contribution in [-0.4, -0.2) is 30.7 Å². The molecule has 0 fully saturated rings. The van der Waals surface area contributed by atoms with E-state index in [1.54, 1.807) is 32.2 Å². The van der Waals surface area contributed by atoms with Crippen molar-refractivity contribution in [1.29, 1.82) is 0 Å². The van der Waals surface area contributed by atoms with Gasteiger partial charge in [-0.1, -0.05) is 17.3 Å². The third-order valence-electron chi connectivity index (χ3n) is 4.35. The van der Waals surface area contributed by atoms with Gasteiger partial charge < -0.3 is 14.6 Å². The van der Waals surface area contributed by atoms with Gasteiger partial charge in [-0.3, -0.25) is 4.72 Å². The van der Waals surface area contributed by atoms with E-state index in [-0.39, 0.29) is 10.7 Å². The summed E-state index contributed by atoms with van der Waals surface area (Å²) in [6.45, 7) is 1.68. The lowest BCUT2D eigenvalue weighted by Gasteiger charge is -2.10. The van der Waals surface area contributed by atoms with Gasteiger partial charge in [0.1, 0.15) is 23.7 Å². The first-order chi connectivity index (χ1) is 14.9. The molecule has 0 spiro atoms. The average molecular weight is 437 g/mol. The van der Waals surface area contributed by atoms with E-state index in [0.717, 1.165) is 5.56 Å². The molecule has 0 aliphatic heterocycles. The van der Waals surface area contributed by atoms with Crippen molar-refractivity contribution >= 4 is 27.3 Å². The number of nitrogens with zero attached hydrogens (tertiary/aromatic N) is 3. The van der Waals surface area contributed by atoms with E-state index >= 15 is 0 Å². The van der Waals surface area contributed by atoms with E-state index in [1.807, 2.05) is 24.3 Å². The molecular formula is C21H19N5O4S. The number of ether oxygens (including phenoxy) is 1. The number of hydrogen-bond donors (Lipinski definition) is 2. The SMILES string of the molecule is COc1ccccc1-c1cc(Nc2ccc(S(=O)(=O)Nc3cc(C)on3)cc2)ncn1. The fourth-order valence-electron chi connectivity index (χ4n) is 2.91. The number of sulfonamides is 1.